The number of aromatic nitrogens is 2. The average molecular weight is 1000 g/mol. The van der Waals surface area contributed by atoms with E-state index in [0.29, 0.717) is 13.2 Å². The van der Waals surface area contributed by atoms with Gasteiger partial charge in [0.25, 0.3) is 0 Å². The van der Waals surface area contributed by atoms with Gasteiger partial charge in [-0.15, -0.1) is 0 Å². The quantitative estimate of drug-likeness (QED) is 0.0923. The fourth-order valence-electron chi connectivity index (χ4n) is 10.00. The number of ketones is 2. The molecular formula is C59H80N2O4Sn. The van der Waals surface area contributed by atoms with Crippen LogP contribution in [0.1, 0.15) is 226 Å². The fraction of sp³-hybridized carbons (Fsp3) is 0.525. The Labute approximate surface area is 402 Å². The normalized spacial score (nSPS) is 16.8. The van der Waals surface area contributed by atoms with Crippen molar-refractivity contribution in [3.05, 3.63) is 152 Å². The molecule has 5 aromatic rings. The van der Waals surface area contributed by atoms with Gasteiger partial charge in [-0.25, -0.2) is 0 Å². The molecule has 354 valence electrons. The zero-order valence-electron chi connectivity index (χ0n) is 43.4. The van der Waals surface area contributed by atoms with Crippen molar-refractivity contribution >= 4 is 30.5 Å². The number of ether oxygens (including phenoxy) is 2. The molecule has 2 aromatic heterocycles. The summed E-state index contributed by atoms with van der Waals surface area (Å²) in [7, 11) is 0. The molecule has 0 atom stereocenters. The van der Waals surface area contributed by atoms with Crippen LogP contribution in [0, 0.1) is 5.41 Å². The third kappa shape index (κ3) is 9.90. The molecule has 0 radical (unpaired) electrons. The van der Waals surface area contributed by atoms with E-state index >= 15 is 9.59 Å². The number of hydrogen-bond acceptors (Lipinski definition) is 4. The van der Waals surface area contributed by atoms with Crippen LogP contribution in [-0.4, -0.2) is 49.3 Å². The molecule has 1 fully saturated rings. The van der Waals surface area contributed by atoms with Crippen LogP contribution < -0.4 is 0 Å². The van der Waals surface area contributed by atoms with Crippen molar-refractivity contribution < 1.29 is 19.1 Å². The number of fused-ring (bicyclic) bond motifs is 2. The second kappa shape index (κ2) is 18.3. The Kier molecular flexibility index (Phi) is 13.9. The van der Waals surface area contributed by atoms with E-state index in [-0.39, 0.29) is 44.6 Å². The maximum absolute atomic E-state index is 15.7. The molecule has 1 saturated heterocycles. The molecule has 66 heavy (non-hydrogen) atoms. The van der Waals surface area contributed by atoms with Crippen molar-refractivity contribution in [2.45, 2.75) is 179 Å². The summed E-state index contributed by atoms with van der Waals surface area (Å²) < 4.78 is 19.7. The summed E-state index contributed by atoms with van der Waals surface area (Å²) >= 11 is -4.19. The zero-order valence-corrected chi connectivity index (χ0v) is 46.3. The van der Waals surface area contributed by atoms with E-state index < -0.39 is 25.2 Å². The Bertz CT molecular complexity index is 2360. The summed E-state index contributed by atoms with van der Waals surface area (Å²) in [6.45, 7) is 36.9. The summed E-state index contributed by atoms with van der Waals surface area (Å²) in [5.74, 6) is -0.0853. The molecule has 7 rings (SSSR count). The first-order valence-electron chi connectivity index (χ1n) is 24.9. The van der Waals surface area contributed by atoms with Gasteiger partial charge in [0, 0.05) is 0 Å². The number of benzene rings is 3. The van der Waals surface area contributed by atoms with Gasteiger partial charge in [-0.3, -0.25) is 0 Å². The number of unbranched alkanes of at least 4 members (excludes halogenated alkanes) is 2. The molecule has 3 aromatic carbocycles. The monoisotopic (exact) mass is 1000 g/mol. The fourth-order valence-corrected chi connectivity index (χ4v) is 26.6. The molecule has 7 heteroatoms. The minimum absolute atomic E-state index is 0.0294. The third-order valence-electron chi connectivity index (χ3n) is 14.2. The van der Waals surface area contributed by atoms with Crippen LogP contribution in [0.5, 0.6) is 0 Å². The van der Waals surface area contributed by atoms with Crippen LogP contribution in [0.2, 0.25) is 8.87 Å². The van der Waals surface area contributed by atoms with Crippen LogP contribution in [0.3, 0.4) is 0 Å². The van der Waals surface area contributed by atoms with Gasteiger partial charge in [0.2, 0.25) is 0 Å². The Morgan fingerprint density at radius 1 is 0.545 bits per heavy atom. The van der Waals surface area contributed by atoms with Gasteiger partial charge < -0.3 is 0 Å². The zero-order chi connectivity index (χ0) is 48.4. The van der Waals surface area contributed by atoms with E-state index in [1.165, 1.54) is 11.4 Å². The minimum atomic E-state index is -4.19. The number of carbonyl (C=O) groups excluding carboxylic acids is 2. The Hall–Kier alpha value is -3.72. The maximum atomic E-state index is 15.7. The van der Waals surface area contributed by atoms with E-state index in [4.69, 9.17) is 9.47 Å². The molecule has 6 nitrogen and oxygen atoms in total. The van der Waals surface area contributed by atoms with Crippen LogP contribution in [-0.2, 0) is 31.1 Å². The molecule has 0 aliphatic carbocycles. The van der Waals surface area contributed by atoms with Crippen LogP contribution in [0.25, 0.3) is 0 Å². The van der Waals surface area contributed by atoms with Gasteiger partial charge in [0.15, 0.2) is 0 Å². The molecular weight excluding hydrogens is 919 g/mol. The number of nitrogens with zero attached hydrogens (tertiary/aromatic N) is 2. The Morgan fingerprint density at radius 3 is 1.23 bits per heavy atom. The first-order chi connectivity index (χ1) is 30.7. The summed E-state index contributed by atoms with van der Waals surface area (Å²) in [4.78, 5) is 31.5. The van der Waals surface area contributed by atoms with Crippen molar-refractivity contribution in [2.75, 3.05) is 13.2 Å². The SMILES string of the molecule is CCC[CH2][Sn]1([CH2]CCC)[n]2c(C(=O)c3cc(C(C)(C)C)cc(C(C)(C)C)c3)ccc2C(c2ccc(C3OCC(C)(C)CO3)cc2)c2ccc(C(=O)c3cc(C(C)(C)C)cc(C(C)(C)C)c3)[n]21. The van der Waals surface area contributed by atoms with Crippen molar-refractivity contribution in [2.24, 2.45) is 5.41 Å². The van der Waals surface area contributed by atoms with Gasteiger partial charge in [-0.2, -0.15) is 0 Å². The molecule has 0 bridgehead atoms. The number of hydrogen-bond donors (Lipinski definition) is 0. The van der Waals surface area contributed by atoms with Crippen molar-refractivity contribution in [3.8, 4) is 0 Å². The van der Waals surface area contributed by atoms with E-state index in [1.54, 1.807) is 0 Å². The topological polar surface area (TPSA) is 62.5 Å². The van der Waals surface area contributed by atoms with Crippen molar-refractivity contribution in [1.29, 1.82) is 0 Å². The average Bonchev–Trinajstić information content (AvgIpc) is 3.89. The molecule has 2 aliphatic rings. The third-order valence-corrected chi connectivity index (χ3v) is 28.4. The number of carbonyl (C=O) groups is 2. The predicted molar refractivity (Wildman–Crippen MR) is 275 cm³/mol. The van der Waals surface area contributed by atoms with Gasteiger partial charge in [-0.1, -0.05) is 0 Å². The predicted octanol–water partition coefficient (Wildman–Crippen LogP) is 14.9. The van der Waals surface area contributed by atoms with Gasteiger partial charge in [0.1, 0.15) is 0 Å². The Morgan fingerprint density at radius 2 is 0.894 bits per heavy atom. The summed E-state index contributed by atoms with van der Waals surface area (Å²) in [6.07, 6.45) is 3.69. The molecule has 0 amide bonds. The molecule has 0 unspecified atom stereocenters. The van der Waals surface area contributed by atoms with Gasteiger partial charge >= 0.3 is 405 Å². The second-order valence-electron chi connectivity index (χ2n) is 24.6. The molecule has 0 spiro atoms. The van der Waals surface area contributed by atoms with Gasteiger partial charge in [-0.05, 0) is 0 Å². The second-order valence-corrected chi connectivity index (χ2v) is 35.6. The molecule has 2 aliphatic heterocycles. The summed E-state index contributed by atoms with van der Waals surface area (Å²) in [5.41, 5.74) is 11.5. The first kappa shape index (κ1) is 50.2. The van der Waals surface area contributed by atoms with Crippen molar-refractivity contribution in [1.82, 2.24) is 5.58 Å². The van der Waals surface area contributed by atoms with Crippen molar-refractivity contribution in [3.63, 3.8) is 0 Å². The standard InChI is InChI=1S/C51H64N2O4.2C4H9.Sn/c1-47(2,3)35-23-33(24-36(27-35)48(4,5)6)44(54)41-21-19-39(52-41)43(31-15-17-32(18-16-31)46-56-29-51(13,14)30-57-46)40-20-22-42(53-40)45(55)34-25-37(49(7,8)9)28-38(26-34)50(10,11)12;2*1-3-4-2;/h15-28,43,46H,29-30H2,1-14H3,(H2,52,53,54,55);2*1,3-4H2,2H3;/q;;;+2/p-2. The molecule has 0 saturated carbocycles. The first-order valence-corrected chi connectivity index (χ1v) is 31.5. The van der Waals surface area contributed by atoms with Crippen LogP contribution in [0.15, 0.2) is 84.9 Å². The van der Waals surface area contributed by atoms with Gasteiger partial charge in [0.05, 0.1) is 0 Å². The van der Waals surface area contributed by atoms with E-state index in [2.05, 4.69) is 201 Å². The summed E-state index contributed by atoms with van der Waals surface area (Å²) in [6, 6.07) is 30.7. The van der Waals surface area contributed by atoms with Crippen LogP contribution >= 0.6 is 0 Å². The summed E-state index contributed by atoms with van der Waals surface area (Å²) in [5, 5.41) is 0. The van der Waals surface area contributed by atoms with Crippen LogP contribution in [0.4, 0.5) is 0 Å². The molecule has 4 heterocycles. The van der Waals surface area contributed by atoms with E-state index in [1.807, 2.05) is 0 Å². The Balaban J connectivity index is 1.51. The van der Waals surface area contributed by atoms with E-state index in [0.717, 1.165) is 90.5 Å². The van der Waals surface area contributed by atoms with E-state index in [9.17, 15) is 0 Å². The number of rotatable bonds is 12. The molecule has 0 N–H and O–H groups in total.